The number of likely N-dealkylation sites (tertiary alicyclic amines) is 1. The molecule has 2 N–H and O–H groups in total. The van der Waals surface area contributed by atoms with E-state index in [9.17, 15) is 4.79 Å². The van der Waals surface area contributed by atoms with Crippen molar-refractivity contribution in [1.29, 1.82) is 0 Å². The third-order valence-corrected chi connectivity index (χ3v) is 4.21. The molecule has 0 spiro atoms. The summed E-state index contributed by atoms with van der Waals surface area (Å²) in [6.07, 6.45) is 7.79. The summed E-state index contributed by atoms with van der Waals surface area (Å²) < 4.78 is 2.16. The maximum Gasteiger partial charge on any atom is 0.270 e. The minimum Gasteiger partial charge on any atom is -0.340 e. The van der Waals surface area contributed by atoms with Gasteiger partial charge in [-0.25, -0.2) is 0 Å². The van der Waals surface area contributed by atoms with E-state index in [0.29, 0.717) is 12.6 Å². The van der Waals surface area contributed by atoms with Gasteiger partial charge in [-0.1, -0.05) is 0 Å². The van der Waals surface area contributed by atoms with Crippen LogP contribution in [-0.4, -0.2) is 34.5 Å². The molecule has 0 aromatic carbocycles. The summed E-state index contributed by atoms with van der Waals surface area (Å²) in [4.78, 5) is 14.4. The van der Waals surface area contributed by atoms with Gasteiger partial charge in [0.05, 0.1) is 0 Å². The minimum atomic E-state index is 0.148. The largest absolute Gasteiger partial charge is 0.340 e. The van der Waals surface area contributed by atoms with Gasteiger partial charge in [-0.05, 0) is 44.2 Å². The van der Waals surface area contributed by atoms with Crippen LogP contribution in [0.2, 0.25) is 0 Å². The van der Waals surface area contributed by atoms with E-state index in [-0.39, 0.29) is 11.9 Å². The van der Waals surface area contributed by atoms with Gasteiger partial charge in [0.1, 0.15) is 5.69 Å². The Hall–Kier alpha value is -1.29. The fraction of sp³-hybridized carbons (Fsp3) is 0.643. The molecule has 2 fully saturated rings. The van der Waals surface area contributed by atoms with Gasteiger partial charge < -0.3 is 15.2 Å². The van der Waals surface area contributed by atoms with Crippen LogP contribution in [0.25, 0.3) is 0 Å². The van der Waals surface area contributed by atoms with Crippen LogP contribution in [0.15, 0.2) is 18.3 Å². The van der Waals surface area contributed by atoms with E-state index < -0.39 is 0 Å². The molecule has 0 bridgehead atoms. The molecule has 1 atom stereocenters. The average Bonchev–Trinajstić information content (AvgIpc) is 2.74. The monoisotopic (exact) mass is 247 g/mol. The number of carbonyl (C=O) groups is 1. The Balaban J connectivity index is 1.77. The van der Waals surface area contributed by atoms with Gasteiger partial charge in [-0.15, -0.1) is 0 Å². The van der Waals surface area contributed by atoms with Crippen LogP contribution in [-0.2, 0) is 0 Å². The molecule has 4 nitrogen and oxygen atoms in total. The topological polar surface area (TPSA) is 51.3 Å². The van der Waals surface area contributed by atoms with Crippen molar-refractivity contribution < 1.29 is 4.79 Å². The van der Waals surface area contributed by atoms with Crippen molar-refractivity contribution in [3.8, 4) is 0 Å². The van der Waals surface area contributed by atoms with E-state index in [1.807, 2.05) is 23.2 Å². The van der Waals surface area contributed by atoms with Gasteiger partial charge in [0.15, 0.2) is 0 Å². The van der Waals surface area contributed by atoms with Crippen LogP contribution < -0.4 is 5.73 Å². The molecule has 0 radical (unpaired) electrons. The molecule has 1 aliphatic carbocycles. The first-order valence-electron chi connectivity index (χ1n) is 6.97. The normalized spacial score (nSPS) is 24.9. The lowest BCUT2D eigenvalue weighted by Crippen LogP contribution is -2.46. The second kappa shape index (κ2) is 4.76. The zero-order valence-corrected chi connectivity index (χ0v) is 10.7. The third-order valence-electron chi connectivity index (χ3n) is 4.21. The van der Waals surface area contributed by atoms with E-state index >= 15 is 0 Å². The van der Waals surface area contributed by atoms with Crippen molar-refractivity contribution in [3.05, 3.63) is 24.0 Å². The zero-order chi connectivity index (χ0) is 12.5. The molecule has 18 heavy (non-hydrogen) atoms. The molecule has 1 saturated carbocycles. The number of piperidine rings is 1. The second-order valence-corrected chi connectivity index (χ2v) is 5.54. The Morgan fingerprint density at radius 3 is 2.78 bits per heavy atom. The van der Waals surface area contributed by atoms with Crippen molar-refractivity contribution in [2.75, 3.05) is 13.1 Å². The van der Waals surface area contributed by atoms with Gasteiger partial charge in [0.2, 0.25) is 0 Å². The quantitative estimate of drug-likeness (QED) is 0.866. The Bertz CT molecular complexity index is 436. The van der Waals surface area contributed by atoms with Crippen LogP contribution in [0.5, 0.6) is 0 Å². The molecule has 3 rings (SSSR count). The Morgan fingerprint density at radius 1 is 1.28 bits per heavy atom. The highest BCUT2D eigenvalue weighted by Gasteiger charge is 2.27. The number of amides is 1. The highest BCUT2D eigenvalue weighted by Crippen LogP contribution is 2.33. The van der Waals surface area contributed by atoms with Crippen LogP contribution >= 0.6 is 0 Å². The summed E-state index contributed by atoms with van der Waals surface area (Å²) in [6.45, 7) is 1.55. The van der Waals surface area contributed by atoms with Gasteiger partial charge >= 0.3 is 0 Å². The molecular weight excluding hydrogens is 226 g/mol. The van der Waals surface area contributed by atoms with Crippen molar-refractivity contribution in [2.24, 2.45) is 5.73 Å². The average molecular weight is 247 g/mol. The van der Waals surface area contributed by atoms with E-state index in [1.165, 1.54) is 19.3 Å². The smallest absolute Gasteiger partial charge is 0.270 e. The molecular formula is C14H21N3O. The molecule has 1 aliphatic heterocycles. The molecule has 0 unspecified atom stereocenters. The summed E-state index contributed by atoms with van der Waals surface area (Å²) in [5.74, 6) is 0.155. The summed E-state index contributed by atoms with van der Waals surface area (Å²) in [5, 5.41) is 0. The van der Waals surface area contributed by atoms with Crippen LogP contribution in [0, 0.1) is 0 Å². The van der Waals surface area contributed by atoms with Gasteiger partial charge in [-0.3, -0.25) is 4.79 Å². The lowest BCUT2D eigenvalue weighted by Gasteiger charge is -2.33. The van der Waals surface area contributed by atoms with Gasteiger partial charge in [0.25, 0.3) is 5.91 Å². The standard InChI is InChI=1S/C14H21N3O/c15-11-4-2-8-16(10-11)14(18)13-7-3-9-17(13)12-5-1-6-12/h3,7,9,11-12H,1-2,4-6,8,10,15H2/t11-/m1/s1. The molecule has 98 valence electrons. The highest BCUT2D eigenvalue weighted by molar-refractivity contribution is 5.93. The lowest BCUT2D eigenvalue weighted by molar-refractivity contribution is 0.0692. The predicted octanol–water partition coefficient (Wildman–Crippen LogP) is 1.78. The second-order valence-electron chi connectivity index (χ2n) is 5.54. The van der Waals surface area contributed by atoms with E-state index in [4.69, 9.17) is 5.73 Å². The predicted molar refractivity (Wildman–Crippen MR) is 70.4 cm³/mol. The Labute approximate surface area is 108 Å². The van der Waals surface area contributed by atoms with E-state index in [0.717, 1.165) is 25.1 Å². The van der Waals surface area contributed by atoms with Gasteiger partial charge in [0, 0.05) is 31.4 Å². The first-order valence-corrected chi connectivity index (χ1v) is 6.97. The highest BCUT2D eigenvalue weighted by atomic mass is 16.2. The summed E-state index contributed by atoms with van der Waals surface area (Å²) in [5.41, 5.74) is 6.79. The first kappa shape index (κ1) is 11.8. The van der Waals surface area contributed by atoms with Crippen LogP contribution in [0.3, 0.4) is 0 Å². The first-order chi connectivity index (χ1) is 8.75. The number of carbonyl (C=O) groups excluding carboxylic acids is 1. The van der Waals surface area contributed by atoms with Crippen LogP contribution in [0.4, 0.5) is 0 Å². The third kappa shape index (κ3) is 2.05. The van der Waals surface area contributed by atoms with E-state index in [2.05, 4.69) is 4.57 Å². The molecule has 4 heteroatoms. The molecule has 2 aliphatic rings. The van der Waals surface area contributed by atoms with Gasteiger partial charge in [-0.2, -0.15) is 0 Å². The molecule has 2 heterocycles. The SMILES string of the molecule is N[C@@H]1CCCN(C(=O)c2cccn2C2CCC2)C1. The number of rotatable bonds is 2. The molecule has 1 aromatic rings. The number of nitrogens with zero attached hydrogens (tertiary/aromatic N) is 2. The Morgan fingerprint density at radius 2 is 2.11 bits per heavy atom. The van der Waals surface area contributed by atoms with Crippen molar-refractivity contribution in [3.63, 3.8) is 0 Å². The number of hydrogen-bond donors (Lipinski definition) is 1. The summed E-state index contributed by atoms with van der Waals surface area (Å²) in [7, 11) is 0. The summed E-state index contributed by atoms with van der Waals surface area (Å²) >= 11 is 0. The van der Waals surface area contributed by atoms with Crippen molar-refractivity contribution in [1.82, 2.24) is 9.47 Å². The Kier molecular flexibility index (Phi) is 3.12. The molecule has 1 saturated heterocycles. The van der Waals surface area contributed by atoms with Crippen molar-refractivity contribution >= 4 is 5.91 Å². The fourth-order valence-corrected chi connectivity index (χ4v) is 2.91. The summed E-state index contributed by atoms with van der Waals surface area (Å²) in [6, 6.07) is 4.61. The molecule has 1 amide bonds. The fourth-order valence-electron chi connectivity index (χ4n) is 2.91. The van der Waals surface area contributed by atoms with Crippen LogP contribution in [0.1, 0.15) is 48.6 Å². The zero-order valence-electron chi connectivity index (χ0n) is 10.7. The maximum absolute atomic E-state index is 12.5. The maximum atomic E-state index is 12.5. The molecule has 1 aromatic heterocycles. The number of hydrogen-bond acceptors (Lipinski definition) is 2. The number of aromatic nitrogens is 1. The van der Waals surface area contributed by atoms with Crippen molar-refractivity contribution in [2.45, 2.75) is 44.2 Å². The van der Waals surface area contributed by atoms with E-state index in [1.54, 1.807) is 0 Å². The minimum absolute atomic E-state index is 0.148. The number of nitrogens with two attached hydrogens (primary N) is 1. The lowest BCUT2D eigenvalue weighted by atomic mass is 9.92.